The van der Waals surface area contributed by atoms with Gasteiger partial charge in [0.15, 0.2) is 0 Å². The van der Waals surface area contributed by atoms with Gasteiger partial charge in [-0.3, -0.25) is 0 Å². The minimum absolute atomic E-state index is 0.103. The quantitative estimate of drug-likeness (QED) is 0.161. The highest BCUT2D eigenvalue weighted by atomic mass is 28.2. The van der Waals surface area contributed by atoms with E-state index in [9.17, 15) is 0 Å². The number of hydrogen-bond acceptors (Lipinski definition) is 1. The predicted molar refractivity (Wildman–Crippen MR) is 167 cm³/mol. The molecule has 1 aromatic heterocycles. The van der Waals surface area contributed by atoms with Gasteiger partial charge in [-0.2, -0.15) is 0 Å². The predicted octanol–water partition coefficient (Wildman–Crippen LogP) is 6.59. The van der Waals surface area contributed by atoms with Crippen molar-refractivity contribution in [2.75, 3.05) is 0 Å². The molecule has 0 aliphatic heterocycles. The highest BCUT2D eigenvalue weighted by Crippen LogP contribution is 2.34. The molecule has 0 aliphatic rings. The van der Waals surface area contributed by atoms with Gasteiger partial charge in [-0.1, -0.05) is 133 Å². The Kier molecular flexibility index (Phi) is 9.72. The van der Waals surface area contributed by atoms with Crippen LogP contribution in [0.4, 0.5) is 0 Å². The molecule has 0 saturated carbocycles. The smallest absolute Gasteiger partial charge is 0.116 e. The Labute approximate surface area is 231 Å². The number of imidazole rings is 1. The highest BCUT2D eigenvalue weighted by molar-refractivity contribution is 6.41. The van der Waals surface area contributed by atoms with E-state index in [1.54, 1.807) is 0 Å². The molecular weight excluding hydrogens is 475 g/mol. The van der Waals surface area contributed by atoms with Crippen LogP contribution in [0.15, 0.2) is 152 Å². The summed E-state index contributed by atoms with van der Waals surface area (Å²) in [7, 11) is 1.71. The molecule has 5 aromatic rings. The standard InChI is InChI=1S/C21H24N2Si.C13H13B/c1-18(2)13-16-24-21(23-15-14-22-17-23,19-9-5-3-6-10-19)20-11-7-4-8-12-20;14-13(11-7-3-1-4-8-11)12-9-5-2-6-10-12/h3-12,14-15,17H,1,13,16,24H2,2H3;1-10,13H,14H2. The van der Waals surface area contributed by atoms with Crippen LogP contribution in [0.3, 0.4) is 0 Å². The van der Waals surface area contributed by atoms with E-state index in [1.165, 1.54) is 33.9 Å². The molecule has 0 spiro atoms. The first-order valence-corrected chi connectivity index (χ1v) is 15.2. The first-order valence-electron chi connectivity index (χ1n) is 13.4. The summed E-state index contributed by atoms with van der Waals surface area (Å²) in [5, 5.41) is -0.103. The molecule has 0 amide bonds. The van der Waals surface area contributed by atoms with Crippen molar-refractivity contribution in [3.05, 3.63) is 174 Å². The number of aromatic nitrogens is 2. The van der Waals surface area contributed by atoms with Crippen LogP contribution in [0.2, 0.25) is 6.04 Å². The molecule has 0 fully saturated rings. The normalized spacial score (nSPS) is 11.3. The van der Waals surface area contributed by atoms with Crippen molar-refractivity contribution < 1.29 is 0 Å². The molecule has 0 saturated heterocycles. The van der Waals surface area contributed by atoms with Gasteiger partial charge >= 0.3 is 0 Å². The van der Waals surface area contributed by atoms with Gasteiger partial charge in [0.1, 0.15) is 7.85 Å². The average molecular weight is 513 g/mol. The molecule has 0 atom stereocenters. The molecule has 4 heteroatoms. The number of hydrogen-bond donors (Lipinski definition) is 0. The summed E-state index contributed by atoms with van der Waals surface area (Å²) in [5.41, 5.74) is 6.71. The van der Waals surface area contributed by atoms with Gasteiger partial charge in [0.2, 0.25) is 0 Å². The molecule has 1 heterocycles. The van der Waals surface area contributed by atoms with Crippen molar-refractivity contribution in [2.24, 2.45) is 0 Å². The molecule has 0 aliphatic carbocycles. The minimum Gasteiger partial charge on any atom is -0.327 e. The van der Waals surface area contributed by atoms with Gasteiger partial charge in [-0.25, -0.2) is 4.98 Å². The molecular formula is C34H37BN2Si. The molecule has 2 nitrogen and oxygen atoms in total. The zero-order valence-corrected chi connectivity index (χ0v) is 24.0. The van der Waals surface area contributed by atoms with Crippen LogP contribution in [-0.4, -0.2) is 26.9 Å². The fraction of sp³-hybridized carbons (Fsp3) is 0.147. The number of rotatable bonds is 9. The van der Waals surface area contributed by atoms with Gasteiger partial charge in [-0.15, -0.1) is 6.58 Å². The van der Waals surface area contributed by atoms with Crippen LogP contribution in [0.25, 0.3) is 0 Å². The second-order valence-corrected chi connectivity index (χ2v) is 12.1. The van der Waals surface area contributed by atoms with Crippen LogP contribution in [0, 0.1) is 0 Å². The summed E-state index contributed by atoms with van der Waals surface area (Å²) in [4.78, 5) is 4.35. The molecule has 190 valence electrons. The summed E-state index contributed by atoms with van der Waals surface area (Å²) >= 11 is 0. The van der Waals surface area contributed by atoms with E-state index in [0.29, 0.717) is 5.82 Å². The van der Waals surface area contributed by atoms with E-state index in [0.717, 1.165) is 6.42 Å². The van der Waals surface area contributed by atoms with Crippen LogP contribution in [-0.2, 0) is 5.16 Å². The van der Waals surface area contributed by atoms with E-state index >= 15 is 0 Å². The van der Waals surface area contributed by atoms with Crippen molar-refractivity contribution in [2.45, 2.75) is 30.4 Å². The van der Waals surface area contributed by atoms with Crippen molar-refractivity contribution in [3.8, 4) is 0 Å². The first-order chi connectivity index (χ1) is 18.6. The van der Waals surface area contributed by atoms with E-state index < -0.39 is 9.52 Å². The summed E-state index contributed by atoms with van der Waals surface area (Å²) in [6.45, 7) is 6.21. The summed E-state index contributed by atoms with van der Waals surface area (Å²) in [6.07, 6.45) is 7.05. The lowest BCUT2D eigenvalue weighted by molar-refractivity contribution is 0.590. The van der Waals surface area contributed by atoms with E-state index in [4.69, 9.17) is 0 Å². The van der Waals surface area contributed by atoms with Crippen molar-refractivity contribution in [1.29, 1.82) is 0 Å². The Balaban J connectivity index is 0.000000204. The Morgan fingerprint density at radius 1 is 0.789 bits per heavy atom. The Morgan fingerprint density at radius 3 is 1.63 bits per heavy atom. The zero-order valence-electron chi connectivity index (χ0n) is 22.6. The number of nitrogens with zero attached hydrogens (tertiary/aromatic N) is 2. The minimum atomic E-state index is -0.528. The lowest BCUT2D eigenvalue weighted by Gasteiger charge is -2.37. The van der Waals surface area contributed by atoms with Crippen molar-refractivity contribution in [1.82, 2.24) is 9.55 Å². The van der Waals surface area contributed by atoms with Gasteiger partial charge in [0, 0.05) is 12.4 Å². The topological polar surface area (TPSA) is 17.8 Å². The molecule has 4 aromatic carbocycles. The van der Waals surface area contributed by atoms with Crippen LogP contribution in [0.1, 0.15) is 41.4 Å². The average Bonchev–Trinajstić information content (AvgIpc) is 3.53. The second-order valence-electron chi connectivity index (χ2n) is 9.92. The largest absolute Gasteiger partial charge is 0.327 e. The molecule has 5 rings (SSSR count). The van der Waals surface area contributed by atoms with Gasteiger partial charge in [0.25, 0.3) is 0 Å². The maximum absolute atomic E-state index is 4.35. The Morgan fingerprint density at radius 2 is 1.24 bits per heavy atom. The highest BCUT2D eigenvalue weighted by Gasteiger charge is 2.35. The molecule has 0 N–H and O–H groups in total. The molecule has 0 bridgehead atoms. The lowest BCUT2D eigenvalue weighted by Crippen LogP contribution is -2.41. The fourth-order valence-corrected chi connectivity index (χ4v) is 7.90. The third-order valence-corrected chi connectivity index (χ3v) is 9.80. The fourth-order valence-electron chi connectivity index (χ4n) is 5.12. The van der Waals surface area contributed by atoms with E-state index in [2.05, 4.69) is 158 Å². The van der Waals surface area contributed by atoms with Crippen molar-refractivity contribution in [3.63, 3.8) is 0 Å². The third kappa shape index (κ3) is 6.70. The second kappa shape index (κ2) is 13.6. The van der Waals surface area contributed by atoms with Gasteiger partial charge < -0.3 is 4.57 Å². The van der Waals surface area contributed by atoms with Crippen LogP contribution < -0.4 is 0 Å². The molecule has 0 unspecified atom stereocenters. The molecule has 38 heavy (non-hydrogen) atoms. The number of allylic oxidation sites excluding steroid dienone is 1. The summed E-state index contributed by atoms with van der Waals surface area (Å²) in [6, 6.07) is 44.1. The summed E-state index contributed by atoms with van der Waals surface area (Å²) in [5.74, 6) is 0.484. The third-order valence-electron chi connectivity index (χ3n) is 7.19. The first kappa shape index (κ1) is 27.2. The van der Waals surface area contributed by atoms with Crippen LogP contribution in [0.5, 0.6) is 0 Å². The maximum atomic E-state index is 4.35. The van der Waals surface area contributed by atoms with E-state index in [-0.39, 0.29) is 5.16 Å². The van der Waals surface area contributed by atoms with Gasteiger partial charge in [0.05, 0.1) is 21.0 Å². The maximum Gasteiger partial charge on any atom is 0.116 e. The number of benzene rings is 4. The lowest BCUT2D eigenvalue weighted by atomic mass is 9.76. The monoisotopic (exact) mass is 512 g/mol. The summed E-state index contributed by atoms with van der Waals surface area (Å²) < 4.78 is 2.31. The molecule has 0 radical (unpaired) electrons. The van der Waals surface area contributed by atoms with Crippen molar-refractivity contribution >= 4 is 17.4 Å². The zero-order chi connectivity index (χ0) is 26.6. The van der Waals surface area contributed by atoms with Crippen LogP contribution >= 0.6 is 0 Å². The Bertz CT molecular complexity index is 1280. The van der Waals surface area contributed by atoms with E-state index in [1.807, 2.05) is 12.5 Å². The SMILES string of the molecule is BC(c1ccccc1)c1ccccc1.C=C(C)CC[SiH2]C(c1ccccc1)(c1ccccc1)n1ccnc1. The Hall–Kier alpha value is -3.89. The van der Waals surface area contributed by atoms with Gasteiger partial charge in [-0.05, 0) is 41.4 Å².